The number of hydrogen-bond donors (Lipinski definition) is 4. The van der Waals surface area contributed by atoms with Crippen LogP contribution in [0.5, 0.6) is 5.75 Å². The van der Waals surface area contributed by atoms with Gasteiger partial charge in [0, 0.05) is 36.1 Å². The number of fused-ring (bicyclic) bond motifs is 1. The quantitative estimate of drug-likeness (QED) is 0.118. The molecule has 0 saturated heterocycles. The number of carbonyl (C=O) groups is 1. The zero-order chi connectivity index (χ0) is 28.4. The molecular formula is C26H25LiN6O5S3. The van der Waals surface area contributed by atoms with Gasteiger partial charge >= 0.3 is 18.9 Å². The number of H-pyrrole nitrogens is 2. The van der Waals surface area contributed by atoms with Crippen LogP contribution in [0, 0.1) is 9.54 Å². The molecule has 4 N–H and O–H groups in total. The van der Waals surface area contributed by atoms with Crippen molar-refractivity contribution in [3.63, 3.8) is 0 Å². The number of nitrogens with zero attached hydrogens (tertiary/aromatic N) is 2. The Hall–Kier alpha value is -3.38. The van der Waals surface area contributed by atoms with E-state index < -0.39 is 22.0 Å². The molecule has 1 aliphatic heterocycles. The molecule has 0 amide bonds. The van der Waals surface area contributed by atoms with Gasteiger partial charge in [0.15, 0.2) is 16.3 Å². The largest absolute Gasteiger partial charge is 1.00 e. The standard InChI is InChI=1S/C26H26N6O5S3.Li/c1-40(35,36)30-22-14-31(13-16-5-2-3-8-20(16)22)23-12-19(9-10-21(23)24(33)34)37-15-27-17-6-4-7-18(11-17)32-25(38)28-29-26(32)39;/h2-12,22,27,30H,13-15H2,1H3,(H,28,38)(H,29,39)(H,33,34);/q;+1/p-1. The molecule has 1 unspecified atom stereocenters. The Kier molecular flexibility index (Phi) is 9.43. The van der Waals surface area contributed by atoms with Gasteiger partial charge in [-0.2, -0.15) is 0 Å². The van der Waals surface area contributed by atoms with E-state index in [0.29, 0.717) is 27.5 Å². The Morgan fingerprint density at radius 3 is 2.51 bits per heavy atom. The number of anilines is 2. The van der Waals surface area contributed by atoms with E-state index in [4.69, 9.17) is 29.2 Å². The van der Waals surface area contributed by atoms with Crippen LogP contribution in [-0.4, -0.2) is 48.7 Å². The van der Waals surface area contributed by atoms with Gasteiger partial charge in [-0.1, -0.05) is 30.3 Å². The summed E-state index contributed by atoms with van der Waals surface area (Å²) in [6.45, 7) is 0.694. The minimum Gasteiger partial charge on any atom is -0.545 e. The average molecular weight is 605 g/mol. The van der Waals surface area contributed by atoms with Crippen molar-refractivity contribution in [2.75, 3.05) is 29.7 Å². The summed E-state index contributed by atoms with van der Waals surface area (Å²) in [5, 5.41) is 20.8. The van der Waals surface area contributed by atoms with Crippen LogP contribution >= 0.6 is 24.4 Å². The molecule has 2 heterocycles. The third-order valence-electron chi connectivity index (χ3n) is 6.38. The topological polar surface area (TPSA) is 147 Å². The number of aromatic carboxylic acids is 1. The Morgan fingerprint density at radius 2 is 1.80 bits per heavy atom. The van der Waals surface area contributed by atoms with Gasteiger partial charge in [0.2, 0.25) is 10.0 Å². The van der Waals surface area contributed by atoms with Crippen LogP contribution in [0.2, 0.25) is 0 Å². The van der Waals surface area contributed by atoms with E-state index >= 15 is 0 Å². The molecule has 41 heavy (non-hydrogen) atoms. The molecule has 208 valence electrons. The summed E-state index contributed by atoms with van der Waals surface area (Å²) in [6.07, 6.45) is 1.10. The van der Waals surface area contributed by atoms with Gasteiger partial charge in [-0.05, 0) is 65.9 Å². The van der Waals surface area contributed by atoms with Gasteiger partial charge in [0.25, 0.3) is 0 Å². The predicted molar refractivity (Wildman–Crippen MR) is 154 cm³/mol. The molecule has 0 fully saturated rings. The van der Waals surface area contributed by atoms with Gasteiger partial charge in [0.05, 0.1) is 24.0 Å². The molecule has 1 aromatic heterocycles. The summed E-state index contributed by atoms with van der Waals surface area (Å²) >= 11 is 10.6. The van der Waals surface area contributed by atoms with Crippen molar-refractivity contribution in [3.8, 4) is 11.4 Å². The Balaban J connectivity index is 0.00000387. The van der Waals surface area contributed by atoms with Gasteiger partial charge in [0.1, 0.15) is 5.75 Å². The molecule has 5 rings (SSSR count). The number of carbonyl (C=O) groups excluding carboxylic acids is 1. The number of benzene rings is 3. The first-order valence-corrected chi connectivity index (χ1v) is 14.8. The Bertz CT molecular complexity index is 1780. The fraction of sp³-hybridized carbons (Fsp3) is 0.192. The predicted octanol–water partition coefficient (Wildman–Crippen LogP) is 0.0189. The Labute approximate surface area is 258 Å². The normalized spacial score (nSPS) is 14.6. The van der Waals surface area contributed by atoms with E-state index in [1.54, 1.807) is 16.7 Å². The van der Waals surface area contributed by atoms with Crippen molar-refractivity contribution in [1.82, 2.24) is 19.5 Å². The molecule has 3 aromatic carbocycles. The fourth-order valence-corrected chi connectivity index (χ4v) is 5.96. The van der Waals surface area contributed by atoms with Crippen molar-refractivity contribution in [1.29, 1.82) is 0 Å². The van der Waals surface area contributed by atoms with Crippen LogP contribution in [0.15, 0.2) is 66.7 Å². The van der Waals surface area contributed by atoms with Crippen LogP contribution < -0.4 is 43.6 Å². The van der Waals surface area contributed by atoms with E-state index in [1.807, 2.05) is 53.4 Å². The molecule has 0 aliphatic carbocycles. The number of nitrogens with one attached hydrogen (secondary N) is 4. The molecule has 4 aromatic rings. The second kappa shape index (κ2) is 12.6. The zero-order valence-electron chi connectivity index (χ0n) is 22.2. The number of carboxylic acid groups (broad SMARTS) is 1. The van der Waals surface area contributed by atoms with Crippen molar-refractivity contribution < 1.29 is 41.9 Å². The number of hydrogen-bond acceptors (Lipinski definition) is 9. The average Bonchev–Trinajstić information content (AvgIpc) is 3.25. The molecule has 1 aliphatic rings. The maximum atomic E-state index is 12.1. The molecule has 0 spiro atoms. The third-order valence-corrected chi connectivity index (χ3v) is 7.66. The SMILES string of the molecule is CS(=O)(=O)NC1CN(c2cc(OCNc3cccc(-n4c(=S)[nH][nH]c4=S)c3)ccc2C(=O)[O-])Cc2ccccc21.[Li+]. The van der Waals surface area contributed by atoms with Crippen LogP contribution in [0.25, 0.3) is 5.69 Å². The number of aromatic amines is 2. The van der Waals surface area contributed by atoms with E-state index in [9.17, 15) is 18.3 Å². The van der Waals surface area contributed by atoms with Gasteiger partial charge in [-0.25, -0.2) is 13.1 Å². The van der Waals surface area contributed by atoms with E-state index in [2.05, 4.69) is 20.2 Å². The molecule has 0 radical (unpaired) electrons. The fourth-order valence-electron chi connectivity index (χ4n) is 4.69. The van der Waals surface area contributed by atoms with Gasteiger partial charge < -0.3 is 24.9 Å². The number of aromatic nitrogens is 3. The first kappa shape index (κ1) is 30.6. The number of rotatable bonds is 9. The summed E-state index contributed by atoms with van der Waals surface area (Å²) in [5.41, 5.74) is 3.59. The summed E-state index contributed by atoms with van der Waals surface area (Å²) in [6, 6.07) is 18.9. The number of carboxylic acids is 1. The van der Waals surface area contributed by atoms with E-state index in [-0.39, 0.29) is 37.7 Å². The molecular weight excluding hydrogens is 579 g/mol. The van der Waals surface area contributed by atoms with Crippen LogP contribution in [0.1, 0.15) is 27.5 Å². The van der Waals surface area contributed by atoms with Crippen LogP contribution in [-0.2, 0) is 16.6 Å². The second-order valence-corrected chi connectivity index (χ2v) is 11.8. The number of ether oxygens (including phenoxy) is 1. The zero-order valence-corrected chi connectivity index (χ0v) is 24.7. The molecule has 0 saturated carbocycles. The van der Waals surface area contributed by atoms with E-state index in [1.165, 1.54) is 6.07 Å². The summed E-state index contributed by atoms with van der Waals surface area (Å²) in [7, 11) is -3.52. The summed E-state index contributed by atoms with van der Waals surface area (Å²) in [4.78, 5) is 13.8. The minimum atomic E-state index is -3.52. The maximum Gasteiger partial charge on any atom is 1.00 e. The van der Waals surface area contributed by atoms with Crippen LogP contribution in [0.3, 0.4) is 0 Å². The molecule has 11 nitrogen and oxygen atoms in total. The van der Waals surface area contributed by atoms with Crippen molar-refractivity contribution in [2.24, 2.45) is 0 Å². The summed E-state index contributed by atoms with van der Waals surface area (Å²) in [5.74, 6) is -0.921. The molecule has 0 bridgehead atoms. The maximum absolute atomic E-state index is 12.1. The first-order chi connectivity index (χ1) is 19.1. The van der Waals surface area contributed by atoms with Crippen molar-refractivity contribution in [3.05, 3.63) is 93.0 Å². The summed E-state index contributed by atoms with van der Waals surface area (Å²) < 4.78 is 35.3. The number of sulfonamides is 1. The first-order valence-electron chi connectivity index (χ1n) is 12.1. The van der Waals surface area contributed by atoms with Gasteiger partial charge in [-0.3, -0.25) is 14.8 Å². The van der Waals surface area contributed by atoms with Crippen molar-refractivity contribution >= 4 is 51.8 Å². The molecule has 15 heteroatoms. The van der Waals surface area contributed by atoms with Crippen molar-refractivity contribution in [2.45, 2.75) is 12.6 Å². The molecule has 1 atom stereocenters. The third kappa shape index (κ3) is 7.10. The monoisotopic (exact) mass is 604 g/mol. The minimum absolute atomic E-state index is 0. The van der Waals surface area contributed by atoms with Crippen LogP contribution in [0.4, 0.5) is 11.4 Å². The Morgan fingerprint density at radius 1 is 1.07 bits per heavy atom. The second-order valence-electron chi connectivity index (χ2n) is 9.20. The van der Waals surface area contributed by atoms with Gasteiger partial charge in [-0.15, -0.1) is 0 Å². The smallest absolute Gasteiger partial charge is 0.545 e. The van der Waals surface area contributed by atoms with E-state index in [0.717, 1.165) is 28.8 Å².